The van der Waals surface area contributed by atoms with Crippen LogP contribution in [0.1, 0.15) is 27.1 Å². The Hall–Kier alpha value is -1.94. The highest BCUT2D eigenvalue weighted by Gasteiger charge is 2.89. The molecule has 4 heteroatoms. The number of Topliss-reactive ketones (excluding diaryl/α,β-unsaturated/α-hetero) is 2. The molecule has 1 heterocycles. The Morgan fingerprint density at radius 2 is 1.79 bits per heavy atom. The summed E-state index contributed by atoms with van der Waals surface area (Å²) in [5.41, 5.74) is -1.54. The zero-order valence-electron chi connectivity index (χ0n) is 9.92. The summed E-state index contributed by atoms with van der Waals surface area (Å²) in [4.78, 5) is 25.5. The van der Waals surface area contributed by atoms with Gasteiger partial charge in [-0.3, -0.25) is 9.59 Å². The summed E-state index contributed by atoms with van der Waals surface area (Å²) in [7, 11) is 0. The molecule has 5 rings (SSSR count). The number of benzene rings is 1. The van der Waals surface area contributed by atoms with E-state index in [0.717, 1.165) is 6.42 Å². The number of hydrogen-bond acceptors (Lipinski definition) is 4. The third kappa shape index (κ3) is 0.728. The van der Waals surface area contributed by atoms with Gasteiger partial charge in [0.15, 0.2) is 17.0 Å². The quantitative estimate of drug-likeness (QED) is 0.562. The first-order valence-electron chi connectivity index (χ1n) is 6.43. The van der Waals surface area contributed by atoms with E-state index in [0.29, 0.717) is 5.56 Å². The molecule has 1 saturated carbocycles. The fourth-order valence-electron chi connectivity index (χ4n) is 4.35. The van der Waals surface area contributed by atoms with Crippen molar-refractivity contribution in [3.8, 4) is 5.75 Å². The predicted octanol–water partition coefficient (Wildman–Crippen LogP) is 1.48. The molecule has 4 nitrogen and oxygen atoms in total. The van der Waals surface area contributed by atoms with E-state index in [-0.39, 0.29) is 34.7 Å². The fraction of sp³-hybridized carbons (Fsp3) is 0.333. The molecular weight excluding hydrogens is 244 g/mol. The van der Waals surface area contributed by atoms with Crippen molar-refractivity contribution in [3.05, 3.63) is 41.5 Å². The molecule has 4 atom stereocenters. The first-order valence-corrected chi connectivity index (χ1v) is 6.43. The summed E-state index contributed by atoms with van der Waals surface area (Å²) in [5, 5.41) is 9.92. The van der Waals surface area contributed by atoms with Gasteiger partial charge in [0.05, 0.1) is 5.56 Å². The first-order chi connectivity index (χ1) is 9.13. The van der Waals surface area contributed by atoms with Crippen LogP contribution in [0.25, 0.3) is 0 Å². The SMILES string of the molecule is O=C1c2c(O)cccc2C(=O)[C@@]23O[C@@]12[C@H]1C=C[C@@H]3C1. The molecule has 0 unspecified atom stereocenters. The molecule has 2 bridgehead atoms. The van der Waals surface area contributed by atoms with E-state index in [1.54, 1.807) is 12.1 Å². The standard InChI is InChI=1S/C15H10O4/c16-10-3-1-2-9-11(10)13(18)15-8-5-4-7(6-8)14(15,19-15)12(9)17/h1-5,7-8,16H,6H2/t7-,8+,14-,15+/m1/s1. The molecule has 0 spiro atoms. The Balaban J connectivity index is 1.86. The maximum Gasteiger partial charge on any atom is 0.203 e. The van der Waals surface area contributed by atoms with Gasteiger partial charge in [-0.2, -0.15) is 0 Å². The predicted molar refractivity (Wildman–Crippen MR) is 64.1 cm³/mol. The first kappa shape index (κ1) is 9.92. The van der Waals surface area contributed by atoms with E-state index in [9.17, 15) is 14.7 Å². The average Bonchev–Trinajstić information content (AvgIpc) is 2.82. The highest BCUT2D eigenvalue weighted by Crippen LogP contribution is 2.72. The van der Waals surface area contributed by atoms with Gasteiger partial charge in [0.1, 0.15) is 5.75 Å². The van der Waals surface area contributed by atoms with Gasteiger partial charge in [-0.1, -0.05) is 24.3 Å². The smallest absolute Gasteiger partial charge is 0.203 e. The van der Waals surface area contributed by atoms with Crippen molar-refractivity contribution in [2.75, 3.05) is 0 Å². The molecule has 1 saturated heterocycles. The number of ketones is 2. The van der Waals surface area contributed by atoms with Crippen molar-refractivity contribution in [3.63, 3.8) is 0 Å². The van der Waals surface area contributed by atoms with E-state index in [2.05, 4.69) is 0 Å². The van der Waals surface area contributed by atoms with Crippen LogP contribution in [0, 0.1) is 11.8 Å². The van der Waals surface area contributed by atoms with Gasteiger partial charge in [-0.25, -0.2) is 0 Å². The van der Waals surface area contributed by atoms with E-state index >= 15 is 0 Å². The number of epoxide rings is 1. The van der Waals surface area contributed by atoms with Gasteiger partial charge in [0.25, 0.3) is 0 Å². The third-order valence-corrected chi connectivity index (χ3v) is 5.15. The van der Waals surface area contributed by atoms with Crippen LogP contribution in [0.5, 0.6) is 5.75 Å². The van der Waals surface area contributed by atoms with Crippen LogP contribution in [0.4, 0.5) is 0 Å². The molecule has 4 aliphatic rings. The van der Waals surface area contributed by atoms with Crippen LogP contribution in [0.3, 0.4) is 0 Å². The van der Waals surface area contributed by atoms with Gasteiger partial charge >= 0.3 is 0 Å². The van der Waals surface area contributed by atoms with Gasteiger partial charge in [0, 0.05) is 17.4 Å². The number of ether oxygens (including phenoxy) is 1. The topological polar surface area (TPSA) is 66.9 Å². The zero-order valence-corrected chi connectivity index (χ0v) is 9.92. The van der Waals surface area contributed by atoms with Crippen molar-refractivity contribution in [2.24, 2.45) is 11.8 Å². The summed E-state index contributed by atoms with van der Waals surface area (Å²) in [6.45, 7) is 0. The number of rotatable bonds is 0. The zero-order chi connectivity index (χ0) is 13.0. The summed E-state index contributed by atoms with van der Waals surface area (Å²) in [6, 6.07) is 4.64. The molecule has 94 valence electrons. The lowest BCUT2D eigenvalue weighted by atomic mass is 9.69. The Labute approximate surface area is 108 Å². The normalized spacial score (nSPS) is 44.0. The maximum atomic E-state index is 12.7. The minimum Gasteiger partial charge on any atom is -0.507 e. The summed E-state index contributed by atoms with van der Waals surface area (Å²) in [5.74, 6) is -0.515. The van der Waals surface area contributed by atoms with E-state index in [1.165, 1.54) is 6.07 Å². The van der Waals surface area contributed by atoms with E-state index in [4.69, 9.17) is 4.74 Å². The van der Waals surface area contributed by atoms with Crippen molar-refractivity contribution < 1.29 is 19.4 Å². The Bertz CT molecular complexity index is 719. The molecule has 1 N–H and O–H groups in total. The van der Waals surface area contributed by atoms with Crippen LogP contribution < -0.4 is 0 Å². The van der Waals surface area contributed by atoms with Crippen molar-refractivity contribution >= 4 is 11.6 Å². The molecule has 2 fully saturated rings. The second-order valence-electron chi connectivity index (χ2n) is 5.76. The number of fused-ring (bicyclic) bond motifs is 3. The molecule has 19 heavy (non-hydrogen) atoms. The Kier molecular flexibility index (Phi) is 1.31. The number of carbonyl (C=O) groups is 2. The minimum absolute atomic E-state index is 0.00412. The summed E-state index contributed by atoms with van der Waals surface area (Å²) < 4.78 is 5.77. The van der Waals surface area contributed by atoms with Crippen LogP contribution >= 0.6 is 0 Å². The molecular formula is C15H10O4. The van der Waals surface area contributed by atoms with Gasteiger partial charge in [-0.15, -0.1) is 0 Å². The number of phenolic OH excluding ortho intramolecular Hbond substituents is 1. The summed E-state index contributed by atoms with van der Waals surface area (Å²) >= 11 is 0. The fourth-order valence-corrected chi connectivity index (χ4v) is 4.35. The number of phenols is 1. The van der Waals surface area contributed by atoms with Crippen molar-refractivity contribution in [1.82, 2.24) is 0 Å². The number of carbonyl (C=O) groups excluding carboxylic acids is 2. The minimum atomic E-state index is -1.02. The van der Waals surface area contributed by atoms with Crippen LogP contribution in [0.2, 0.25) is 0 Å². The van der Waals surface area contributed by atoms with Gasteiger partial charge in [-0.05, 0) is 12.5 Å². The molecule has 0 radical (unpaired) electrons. The second kappa shape index (κ2) is 2.51. The van der Waals surface area contributed by atoms with Crippen LogP contribution in [0.15, 0.2) is 30.4 Å². The molecule has 0 amide bonds. The Morgan fingerprint density at radius 3 is 2.53 bits per heavy atom. The molecule has 0 aromatic heterocycles. The average molecular weight is 254 g/mol. The lowest BCUT2D eigenvalue weighted by Gasteiger charge is -2.25. The van der Waals surface area contributed by atoms with Gasteiger partial charge in [0.2, 0.25) is 5.78 Å². The highest BCUT2D eigenvalue weighted by molar-refractivity contribution is 6.27. The Morgan fingerprint density at radius 1 is 1.11 bits per heavy atom. The molecule has 1 aromatic rings. The van der Waals surface area contributed by atoms with Crippen molar-refractivity contribution in [2.45, 2.75) is 17.6 Å². The molecule has 3 aliphatic carbocycles. The lowest BCUT2D eigenvalue weighted by molar-refractivity contribution is 0.0810. The van der Waals surface area contributed by atoms with Crippen molar-refractivity contribution in [1.29, 1.82) is 0 Å². The van der Waals surface area contributed by atoms with E-state index in [1.807, 2.05) is 12.2 Å². The van der Waals surface area contributed by atoms with Gasteiger partial charge < -0.3 is 9.84 Å². The molecule has 1 aromatic carbocycles. The highest BCUT2D eigenvalue weighted by atomic mass is 16.6. The largest absolute Gasteiger partial charge is 0.507 e. The second-order valence-corrected chi connectivity index (χ2v) is 5.76. The number of hydrogen-bond donors (Lipinski definition) is 1. The van der Waals surface area contributed by atoms with E-state index < -0.39 is 11.2 Å². The molecule has 1 aliphatic heterocycles. The van der Waals surface area contributed by atoms with Crippen LogP contribution in [-0.2, 0) is 4.74 Å². The third-order valence-electron chi connectivity index (χ3n) is 5.15. The monoisotopic (exact) mass is 254 g/mol. The maximum absolute atomic E-state index is 12.7. The summed E-state index contributed by atoms with van der Waals surface area (Å²) in [6.07, 6.45) is 4.77. The number of aromatic hydroxyl groups is 1. The lowest BCUT2D eigenvalue weighted by Crippen LogP contribution is -2.47. The van der Waals surface area contributed by atoms with Crippen LogP contribution in [-0.4, -0.2) is 27.9 Å².